The molecule has 1 aromatic carbocycles. The second-order valence-electron chi connectivity index (χ2n) is 4.56. The molecule has 21 heavy (non-hydrogen) atoms. The van der Waals surface area contributed by atoms with Crippen molar-refractivity contribution in [3.05, 3.63) is 29.8 Å². The van der Waals surface area contributed by atoms with Gasteiger partial charge in [0.1, 0.15) is 0 Å². The molecule has 1 unspecified atom stereocenters. The lowest BCUT2D eigenvalue weighted by molar-refractivity contribution is -0.120. The first kappa shape index (κ1) is 17.6. The Morgan fingerprint density at radius 2 is 2.14 bits per heavy atom. The molecule has 0 bridgehead atoms. The van der Waals surface area contributed by atoms with Gasteiger partial charge in [-0.25, -0.2) is 13.6 Å². The van der Waals surface area contributed by atoms with E-state index in [1.54, 1.807) is 19.2 Å². The topological polar surface area (TPSA) is 111 Å². The van der Waals surface area contributed by atoms with Crippen LogP contribution >= 0.6 is 0 Å². The number of hydrogen-bond donors (Lipinski definition) is 3. The van der Waals surface area contributed by atoms with Crippen molar-refractivity contribution in [2.24, 2.45) is 5.14 Å². The summed E-state index contributed by atoms with van der Waals surface area (Å²) in [5.74, 6) is -0.151. The fourth-order valence-electron chi connectivity index (χ4n) is 1.68. The maximum absolute atomic E-state index is 11.5. The Hall–Kier alpha value is -1.48. The van der Waals surface area contributed by atoms with E-state index in [-0.39, 0.29) is 23.4 Å². The number of carbonyl (C=O) groups excluding carboxylic acids is 1. The minimum atomic E-state index is -3.73. The summed E-state index contributed by atoms with van der Waals surface area (Å²) < 4.78 is 27.4. The Morgan fingerprint density at radius 1 is 1.43 bits per heavy atom. The molecule has 0 aromatic heterocycles. The van der Waals surface area contributed by atoms with E-state index < -0.39 is 10.0 Å². The lowest BCUT2D eigenvalue weighted by atomic mass is 10.1. The quantitative estimate of drug-likeness (QED) is 0.573. The number of carbonyl (C=O) groups is 1. The van der Waals surface area contributed by atoms with Gasteiger partial charge in [-0.1, -0.05) is 12.1 Å². The van der Waals surface area contributed by atoms with Crippen molar-refractivity contribution in [2.75, 3.05) is 26.8 Å². The number of amides is 1. The maximum atomic E-state index is 11.5. The number of ether oxygens (including phenoxy) is 1. The van der Waals surface area contributed by atoms with Crippen molar-refractivity contribution in [2.45, 2.75) is 17.9 Å². The van der Waals surface area contributed by atoms with Gasteiger partial charge in [-0.15, -0.1) is 0 Å². The lowest BCUT2D eigenvalue weighted by Crippen LogP contribution is -2.36. The fourth-order valence-corrected chi connectivity index (χ4v) is 2.25. The third kappa shape index (κ3) is 6.21. The Morgan fingerprint density at radius 3 is 2.76 bits per heavy atom. The Bertz CT molecular complexity index is 575. The van der Waals surface area contributed by atoms with E-state index in [0.29, 0.717) is 13.2 Å². The highest BCUT2D eigenvalue weighted by atomic mass is 32.2. The number of methoxy groups -OCH3 is 1. The molecule has 0 radical (unpaired) electrons. The highest BCUT2D eigenvalue weighted by Crippen LogP contribution is 2.16. The fraction of sp³-hybridized carbons (Fsp3) is 0.462. The molecule has 0 saturated heterocycles. The van der Waals surface area contributed by atoms with E-state index >= 15 is 0 Å². The molecule has 8 heteroatoms. The molecule has 0 aliphatic carbocycles. The zero-order valence-corrected chi connectivity index (χ0v) is 12.9. The molecule has 1 rings (SSSR count). The van der Waals surface area contributed by atoms with Gasteiger partial charge in [-0.3, -0.25) is 4.79 Å². The van der Waals surface area contributed by atoms with Crippen molar-refractivity contribution < 1.29 is 17.9 Å². The van der Waals surface area contributed by atoms with E-state index in [2.05, 4.69) is 10.6 Å². The average Bonchev–Trinajstić information content (AvgIpc) is 2.44. The van der Waals surface area contributed by atoms with E-state index in [9.17, 15) is 13.2 Å². The molecular formula is C13H21N3O4S. The molecule has 0 aliphatic rings. The molecule has 118 valence electrons. The minimum Gasteiger partial charge on any atom is -0.383 e. The van der Waals surface area contributed by atoms with Crippen LogP contribution in [0.15, 0.2) is 29.2 Å². The summed E-state index contributed by atoms with van der Waals surface area (Å²) in [7, 11) is -2.17. The summed E-state index contributed by atoms with van der Waals surface area (Å²) in [6.07, 6.45) is 0. The molecular weight excluding hydrogens is 294 g/mol. The zero-order valence-electron chi connectivity index (χ0n) is 12.1. The smallest absolute Gasteiger partial charge is 0.238 e. The molecule has 0 spiro atoms. The highest BCUT2D eigenvalue weighted by molar-refractivity contribution is 7.89. The minimum absolute atomic E-state index is 0.0539. The first-order valence-electron chi connectivity index (χ1n) is 6.46. The summed E-state index contributed by atoms with van der Waals surface area (Å²) in [5, 5.41) is 10.8. The average molecular weight is 315 g/mol. The molecule has 4 N–H and O–H groups in total. The second kappa shape index (κ2) is 8.08. The second-order valence-corrected chi connectivity index (χ2v) is 6.12. The normalized spacial score (nSPS) is 12.9. The standard InChI is InChI=1S/C13H21N3O4S/c1-10(16-9-13(17)15-6-7-20-2)11-4-3-5-12(8-11)21(14,18)19/h3-5,8,10,16H,6-7,9H2,1-2H3,(H,15,17)(H2,14,18,19). The number of rotatable bonds is 8. The highest BCUT2D eigenvalue weighted by Gasteiger charge is 2.12. The molecule has 1 amide bonds. The number of sulfonamides is 1. The van der Waals surface area contributed by atoms with Crippen molar-refractivity contribution in [3.63, 3.8) is 0 Å². The van der Waals surface area contributed by atoms with Gasteiger partial charge in [-0.05, 0) is 24.6 Å². The van der Waals surface area contributed by atoms with Crippen molar-refractivity contribution in [1.82, 2.24) is 10.6 Å². The number of nitrogens with two attached hydrogens (primary N) is 1. The molecule has 0 aliphatic heterocycles. The monoisotopic (exact) mass is 315 g/mol. The van der Waals surface area contributed by atoms with E-state index in [1.807, 2.05) is 6.92 Å². The van der Waals surface area contributed by atoms with Gasteiger partial charge < -0.3 is 15.4 Å². The van der Waals surface area contributed by atoms with Crippen LogP contribution in [-0.2, 0) is 19.6 Å². The van der Waals surface area contributed by atoms with Crippen LogP contribution < -0.4 is 15.8 Å². The molecule has 1 aromatic rings. The van der Waals surface area contributed by atoms with Crippen molar-refractivity contribution in [3.8, 4) is 0 Å². The van der Waals surface area contributed by atoms with E-state index in [0.717, 1.165) is 5.56 Å². The van der Waals surface area contributed by atoms with Crippen LogP contribution in [0, 0.1) is 0 Å². The molecule has 0 saturated carbocycles. The lowest BCUT2D eigenvalue weighted by Gasteiger charge is -2.15. The third-order valence-corrected chi connectivity index (χ3v) is 3.79. The molecule has 0 heterocycles. The predicted octanol–water partition coefficient (Wildman–Crippen LogP) is -0.253. The van der Waals surface area contributed by atoms with Crippen LogP contribution in [0.2, 0.25) is 0 Å². The van der Waals surface area contributed by atoms with Crippen molar-refractivity contribution >= 4 is 15.9 Å². The SMILES string of the molecule is COCCNC(=O)CNC(C)c1cccc(S(N)(=O)=O)c1. The van der Waals surface area contributed by atoms with E-state index in [1.165, 1.54) is 12.1 Å². The van der Waals surface area contributed by atoms with Crippen LogP contribution in [0.4, 0.5) is 0 Å². The maximum Gasteiger partial charge on any atom is 0.238 e. The van der Waals surface area contributed by atoms with Crippen LogP contribution in [0.1, 0.15) is 18.5 Å². The van der Waals surface area contributed by atoms with Crippen LogP contribution in [0.3, 0.4) is 0 Å². The predicted molar refractivity (Wildman–Crippen MR) is 79.1 cm³/mol. The summed E-state index contributed by atoms with van der Waals surface area (Å²) >= 11 is 0. The van der Waals surface area contributed by atoms with Crippen LogP contribution in [0.5, 0.6) is 0 Å². The van der Waals surface area contributed by atoms with Gasteiger partial charge in [0.05, 0.1) is 18.0 Å². The van der Waals surface area contributed by atoms with Gasteiger partial charge in [-0.2, -0.15) is 0 Å². The summed E-state index contributed by atoms with van der Waals surface area (Å²) in [4.78, 5) is 11.6. The molecule has 0 fully saturated rings. The Balaban J connectivity index is 2.56. The molecule has 1 atom stereocenters. The Kier molecular flexibility index (Phi) is 6.76. The molecule has 7 nitrogen and oxygen atoms in total. The Labute approximate surface area is 124 Å². The van der Waals surface area contributed by atoms with Crippen molar-refractivity contribution in [1.29, 1.82) is 0 Å². The van der Waals surface area contributed by atoms with Gasteiger partial charge >= 0.3 is 0 Å². The number of benzene rings is 1. The van der Waals surface area contributed by atoms with Gasteiger partial charge in [0.25, 0.3) is 0 Å². The van der Waals surface area contributed by atoms with Gasteiger partial charge in [0.15, 0.2) is 0 Å². The number of primary sulfonamides is 1. The summed E-state index contributed by atoms with van der Waals surface area (Å²) in [6, 6.07) is 6.14. The first-order valence-corrected chi connectivity index (χ1v) is 8.01. The van der Waals surface area contributed by atoms with Crippen LogP contribution in [-0.4, -0.2) is 41.1 Å². The third-order valence-electron chi connectivity index (χ3n) is 2.88. The number of nitrogens with one attached hydrogen (secondary N) is 2. The largest absolute Gasteiger partial charge is 0.383 e. The zero-order chi connectivity index (χ0) is 15.9. The summed E-state index contributed by atoms with van der Waals surface area (Å²) in [6.45, 7) is 2.87. The van der Waals surface area contributed by atoms with E-state index in [4.69, 9.17) is 9.88 Å². The summed E-state index contributed by atoms with van der Waals surface area (Å²) in [5.41, 5.74) is 0.742. The van der Waals surface area contributed by atoms with Crippen LogP contribution in [0.25, 0.3) is 0 Å². The van der Waals surface area contributed by atoms with Gasteiger partial charge in [0.2, 0.25) is 15.9 Å². The number of hydrogen-bond acceptors (Lipinski definition) is 5. The first-order chi connectivity index (χ1) is 9.84. The van der Waals surface area contributed by atoms with Gasteiger partial charge in [0, 0.05) is 19.7 Å².